The van der Waals surface area contributed by atoms with E-state index in [-0.39, 0.29) is 40.5 Å². The number of hydrogen-bond acceptors (Lipinski definition) is 5. The third-order valence-electron chi connectivity index (χ3n) is 8.14. The fraction of sp³-hybridized carbons (Fsp3) is 0.760. The molecule has 0 N–H and O–H groups in total. The third kappa shape index (κ3) is 4.47. The molecule has 5 nitrogen and oxygen atoms in total. The second-order valence-corrected chi connectivity index (χ2v) is 16.0. The summed E-state index contributed by atoms with van der Waals surface area (Å²) in [6, 6.07) is 9.97. The van der Waals surface area contributed by atoms with Crippen LogP contribution in [-0.2, 0) is 18.6 Å². The number of ether oxygens (including phenoxy) is 4. The van der Waals surface area contributed by atoms with E-state index in [0.717, 1.165) is 31.6 Å². The van der Waals surface area contributed by atoms with Gasteiger partial charge in [0.25, 0.3) is 0 Å². The molecule has 1 unspecified atom stereocenters. The Morgan fingerprint density at radius 1 is 1.16 bits per heavy atom. The predicted molar refractivity (Wildman–Crippen MR) is 124 cm³/mol. The lowest BCUT2D eigenvalue weighted by molar-refractivity contribution is -0.111. The van der Waals surface area contributed by atoms with Crippen molar-refractivity contribution in [1.29, 1.82) is 0 Å². The maximum Gasteiger partial charge on any atom is 0.192 e. The van der Waals surface area contributed by atoms with Crippen LogP contribution in [0.4, 0.5) is 0 Å². The Labute approximate surface area is 188 Å². The zero-order chi connectivity index (χ0) is 22.5. The minimum atomic E-state index is -1.90. The Bertz CT molecular complexity index is 757. The molecule has 174 valence electrons. The lowest BCUT2D eigenvalue weighted by Gasteiger charge is -2.47. The van der Waals surface area contributed by atoms with Crippen LogP contribution in [0.5, 0.6) is 5.75 Å². The average molecular weight is 449 g/mol. The molecule has 6 atom stereocenters. The molecule has 0 amide bonds. The number of methoxy groups -OCH3 is 1. The topological polar surface area (TPSA) is 52.8 Å². The van der Waals surface area contributed by atoms with Crippen LogP contribution in [0.2, 0.25) is 18.1 Å². The highest BCUT2D eigenvalue weighted by atomic mass is 28.4. The Hall–Kier alpha value is -0.923. The fourth-order valence-electron chi connectivity index (χ4n) is 5.15. The molecule has 3 fully saturated rings. The highest BCUT2D eigenvalue weighted by Crippen LogP contribution is 2.60. The van der Waals surface area contributed by atoms with E-state index < -0.39 is 8.32 Å². The van der Waals surface area contributed by atoms with Crippen molar-refractivity contribution in [3.63, 3.8) is 0 Å². The van der Waals surface area contributed by atoms with E-state index in [9.17, 15) is 0 Å². The fourth-order valence-corrected chi connectivity index (χ4v) is 6.51. The smallest absolute Gasteiger partial charge is 0.192 e. The monoisotopic (exact) mass is 448 g/mol. The maximum absolute atomic E-state index is 6.87. The first-order valence-corrected chi connectivity index (χ1v) is 14.6. The van der Waals surface area contributed by atoms with Gasteiger partial charge in [-0.25, -0.2) is 0 Å². The predicted octanol–water partition coefficient (Wildman–Crippen LogP) is 5.20. The van der Waals surface area contributed by atoms with Gasteiger partial charge in [0.15, 0.2) is 8.32 Å². The molecule has 1 saturated carbocycles. The van der Waals surface area contributed by atoms with Crippen molar-refractivity contribution in [3.05, 3.63) is 30.3 Å². The molecule has 2 saturated heterocycles. The first-order chi connectivity index (χ1) is 14.5. The van der Waals surface area contributed by atoms with E-state index in [0.29, 0.717) is 6.61 Å². The van der Waals surface area contributed by atoms with Gasteiger partial charge < -0.3 is 23.4 Å². The summed E-state index contributed by atoms with van der Waals surface area (Å²) < 4.78 is 31.4. The van der Waals surface area contributed by atoms with Gasteiger partial charge in [-0.1, -0.05) is 39.0 Å². The molecule has 1 aromatic carbocycles. The molecular weight excluding hydrogens is 408 g/mol. The first-order valence-electron chi connectivity index (χ1n) is 11.7. The second-order valence-electron chi connectivity index (χ2n) is 11.2. The van der Waals surface area contributed by atoms with Gasteiger partial charge in [-0.05, 0) is 50.0 Å². The molecule has 1 aliphatic carbocycles. The highest BCUT2D eigenvalue weighted by molar-refractivity contribution is 6.74. The Morgan fingerprint density at radius 3 is 2.42 bits per heavy atom. The molecule has 3 aliphatic rings. The molecule has 0 radical (unpaired) electrons. The SMILES string of the molecule is CO[C@H]1[C@H](C2(C)O[C@@H]2CCOc2ccccc2)[C@]2(CC[C@H]1O[Si](C)(C)C(C)(C)C)CO2. The zero-order valence-electron chi connectivity index (χ0n) is 20.3. The largest absolute Gasteiger partial charge is 0.493 e. The van der Waals surface area contributed by atoms with Crippen LogP contribution in [0, 0.1) is 5.92 Å². The number of para-hydroxylation sites is 1. The van der Waals surface area contributed by atoms with Gasteiger partial charge in [-0.2, -0.15) is 0 Å². The number of rotatable bonds is 8. The summed E-state index contributed by atoms with van der Waals surface area (Å²) in [5.41, 5.74) is -0.371. The summed E-state index contributed by atoms with van der Waals surface area (Å²) >= 11 is 0. The Morgan fingerprint density at radius 2 is 1.84 bits per heavy atom. The van der Waals surface area contributed by atoms with Gasteiger partial charge >= 0.3 is 0 Å². The summed E-state index contributed by atoms with van der Waals surface area (Å²) in [5, 5.41) is 0.170. The van der Waals surface area contributed by atoms with Crippen molar-refractivity contribution < 1.29 is 23.4 Å². The zero-order valence-corrected chi connectivity index (χ0v) is 21.3. The average Bonchev–Trinajstić information content (AvgIpc) is 3.61. The van der Waals surface area contributed by atoms with Gasteiger partial charge in [0, 0.05) is 13.5 Å². The molecule has 0 aromatic heterocycles. The number of hydrogen-bond donors (Lipinski definition) is 0. The van der Waals surface area contributed by atoms with Crippen LogP contribution < -0.4 is 4.74 Å². The van der Waals surface area contributed by atoms with Gasteiger partial charge in [0.1, 0.15) is 11.4 Å². The van der Waals surface area contributed by atoms with Crippen molar-refractivity contribution in [3.8, 4) is 5.75 Å². The molecule has 1 aromatic rings. The van der Waals surface area contributed by atoms with Crippen LogP contribution in [0.25, 0.3) is 0 Å². The number of benzene rings is 1. The summed E-state index contributed by atoms with van der Waals surface area (Å²) in [7, 11) is -0.0819. The molecule has 6 heteroatoms. The van der Waals surface area contributed by atoms with Crippen LogP contribution >= 0.6 is 0 Å². The van der Waals surface area contributed by atoms with Crippen molar-refractivity contribution in [2.24, 2.45) is 5.92 Å². The molecule has 2 aliphatic heterocycles. The van der Waals surface area contributed by atoms with Gasteiger partial charge in [0.05, 0.1) is 43.0 Å². The third-order valence-corrected chi connectivity index (χ3v) is 12.6. The van der Waals surface area contributed by atoms with Crippen LogP contribution in [0.15, 0.2) is 30.3 Å². The first kappa shape index (κ1) is 23.2. The van der Waals surface area contributed by atoms with Crippen molar-refractivity contribution in [2.45, 2.75) is 94.6 Å². The molecule has 31 heavy (non-hydrogen) atoms. The quantitative estimate of drug-likeness (QED) is 0.404. The van der Waals surface area contributed by atoms with Gasteiger partial charge in [-0.15, -0.1) is 0 Å². The highest BCUT2D eigenvalue weighted by Gasteiger charge is 2.72. The van der Waals surface area contributed by atoms with Crippen molar-refractivity contribution in [2.75, 3.05) is 20.3 Å². The summed E-state index contributed by atoms with van der Waals surface area (Å²) in [6.45, 7) is 15.2. The van der Waals surface area contributed by atoms with Crippen molar-refractivity contribution >= 4 is 8.32 Å². The lowest BCUT2D eigenvalue weighted by Crippen LogP contribution is -2.58. The van der Waals surface area contributed by atoms with Gasteiger partial charge in [0.2, 0.25) is 0 Å². The normalized spacial score (nSPS) is 37.6. The van der Waals surface area contributed by atoms with E-state index in [1.165, 1.54) is 0 Å². The Kier molecular flexibility index (Phi) is 6.10. The molecule has 2 heterocycles. The van der Waals surface area contributed by atoms with Crippen LogP contribution in [0.3, 0.4) is 0 Å². The standard InChI is InChI=1S/C25H40O5Si/c1-23(2,3)31(6,7)30-19-13-15-25(17-28-25)22(21(19)26-5)24(4)20(29-24)14-16-27-18-11-9-8-10-12-18/h8-12,19-22H,13-17H2,1-7H3/t19-,20-,21-,22-,24?,25+/m1/s1. The number of epoxide rings is 2. The summed E-state index contributed by atoms with van der Waals surface area (Å²) in [6.07, 6.45) is 3.10. The Balaban J connectivity index is 1.44. The minimum Gasteiger partial charge on any atom is -0.493 e. The second kappa shape index (κ2) is 8.14. The van der Waals surface area contributed by atoms with E-state index in [2.05, 4.69) is 40.8 Å². The van der Waals surface area contributed by atoms with Crippen LogP contribution in [-0.4, -0.2) is 58.2 Å². The van der Waals surface area contributed by atoms with Gasteiger partial charge in [-0.3, -0.25) is 0 Å². The van der Waals surface area contributed by atoms with Crippen molar-refractivity contribution in [1.82, 2.24) is 0 Å². The molecule has 4 rings (SSSR count). The van der Waals surface area contributed by atoms with E-state index in [4.69, 9.17) is 23.4 Å². The van der Waals surface area contributed by atoms with E-state index >= 15 is 0 Å². The molecule has 1 spiro atoms. The van der Waals surface area contributed by atoms with E-state index in [1.807, 2.05) is 37.4 Å². The van der Waals surface area contributed by atoms with E-state index in [1.54, 1.807) is 0 Å². The molecular formula is C25H40O5Si. The minimum absolute atomic E-state index is 0.0181. The maximum atomic E-state index is 6.87. The summed E-state index contributed by atoms with van der Waals surface area (Å²) in [4.78, 5) is 0. The summed E-state index contributed by atoms with van der Waals surface area (Å²) in [5.74, 6) is 1.08. The van der Waals surface area contributed by atoms with Crippen LogP contribution in [0.1, 0.15) is 47.0 Å². The lowest BCUT2D eigenvalue weighted by atomic mass is 9.68. The molecule has 0 bridgehead atoms.